The van der Waals surface area contributed by atoms with Crippen LogP contribution in [0.15, 0.2) is 11.6 Å². The van der Waals surface area contributed by atoms with Gasteiger partial charge in [-0.15, -0.1) is 0 Å². The molecule has 1 saturated heterocycles. The van der Waals surface area contributed by atoms with Crippen LogP contribution in [0.2, 0.25) is 0 Å². The van der Waals surface area contributed by atoms with Crippen molar-refractivity contribution >= 4 is 12.0 Å². The number of aliphatic hydroxyl groups is 2. The Bertz CT molecular complexity index is 1080. The molecule has 0 bridgehead atoms. The van der Waals surface area contributed by atoms with Crippen molar-refractivity contribution < 1.29 is 24.5 Å². The fourth-order valence-electron chi connectivity index (χ4n) is 11.2. The number of fused-ring (bicyclic) bond motifs is 5. The van der Waals surface area contributed by atoms with Crippen LogP contribution in [-0.4, -0.2) is 65.1 Å². The Morgan fingerprint density at radius 1 is 1.02 bits per heavy atom. The van der Waals surface area contributed by atoms with E-state index in [-0.39, 0.29) is 36.2 Å². The summed E-state index contributed by atoms with van der Waals surface area (Å²) in [6, 6.07) is -0.265. The molecule has 46 heavy (non-hydrogen) atoms. The normalized spacial score (nSPS) is 37.7. The van der Waals surface area contributed by atoms with E-state index in [4.69, 9.17) is 4.74 Å². The van der Waals surface area contributed by atoms with E-state index < -0.39 is 6.10 Å². The van der Waals surface area contributed by atoms with E-state index in [1.165, 1.54) is 51.4 Å². The van der Waals surface area contributed by atoms with Crippen LogP contribution >= 0.6 is 0 Å². The summed E-state index contributed by atoms with van der Waals surface area (Å²) in [6.07, 6.45) is 18.8. The largest absolute Gasteiger partial charge is 0.446 e. The van der Waals surface area contributed by atoms with Crippen molar-refractivity contribution in [2.75, 3.05) is 19.7 Å². The van der Waals surface area contributed by atoms with E-state index in [1.807, 2.05) is 0 Å². The van der Waals surface area contributed by atoms with Crippen molar-refractivity contribution in [3.8, 4) is 0 Å². The van der Waals surface area contributed by atoms with Gasteiger partial charge in [-0.25, -0.2) is 4.79 Å². The Labute approximate surface area is 279 Å². The zero-order valence-electron chi connectivity index (χ0n) is 29.8. The predicted molar refractivity (Wildman–Crippen MR) is 183 cm³/mol. The number of ether oxygens (including phenoxy) is 1. The van der Waals surface area contributed by atoms with E-state index in [0.29, 0.717) is 31.3 Å². The molecule has 7 nitrogen and oxygen atoms in total. The van der Waals surface area contributed by atoms with Gasteiger partial charge in [0.05, 0.1) is 18.8 Å². The van der Waals surface area contributed by atoms with Crippen molar-refractivity contribution in [1.82, 2.24) is 10.2 Å². The number of nitrogens with one attached hydrogen (secondary N) is 1. The molecule has 5 rings (SSSR count). The summed E-state index contributed by atoms with van der Waals surface area (Å²) in [5, 5.41) is 22.2. The Hall–Kier alpha value is -1.60. The number of allylic oxidation sites excluding steroid dienone is 1. The summed E-state index contributed by atoms with van der Waals surface area (Å²) in [6.45, 7) is 13.2. The molecule has 3 saturated carbocycles. The van der Waals surface area contributed by atoms with Crippen LogP contribution in [0, 0.1) is 46.3 Å². The first-order chi connectivity index (χ1) is 22.0. The Kier molecular flexibility index (Phi) is 11.9. The molecule has 1 aliphatic heterocycles. The molecule has 0 radical (unpaired) electrons. The van der Waals surface area contributed by atoms with Crippen molar-refractivity contribution in [3.05, 3.63) is 11.6 Å². The molecule has 3 N–H and O–H groups in total. The smallest absolute Gasteiger partial charge is 0.407 e. The molecule has 1 heterocycles. The lowest BCUT2D eigenvalue weighted by Gasteiger charge is -2.58. The van der Waals surface area contributed by atoms with Gasteiger partial charge in [-0.05, 0) is 111 Å². The van der Waals surface area contributed by atoms with E-state index in [9.17, 15) is 19.8 Å². The maximum Gasteiger partial charge on any atom is 0.407 e. The van der Waals surface area contributed by atoms with Gasteiger partial charge in [-0.3, -0.25) is 4.79 Å². The molecular weight excluding hydrogens is 576 g/mol. The number of hydrogen-bond donors (Lipinski definition) is 3. The minimum absolute atomic E-state index is 0.00703. The van der Waals surface area contributed by atoms with Crippen LogP contribution in [0.25, 0.3) is 0 Å². The maximum absolute atomic E-state index is 12.7. The van der Waals surface area contributed by atoms with Gasteiger partial charge in [0.2, 0.25) is 5.91 Å². The van der Waals surface area contributed by atoms with Gasteiger partial charge < -0.3 is 25.2 Å². The van der Waals surface area contributed by atoms with Gasteiger partial charge >= 0.3 is 6.09 Å². The average molecular weight is 643 g/mol. The molecule has 3 unspecified atom stereocenters. The quantitative estimate of drug-likeness (QED) is 0.142. The first-order valence-corrected chi connectivity index (χ1v) is 19.2. The zero-order valence-corrected chi connectivity index (χ0v) is 29.8. The van der Waals surface area contributed by atoms with Crippen molar-refractivity contribution in [2.24, 2.45) is 46.3 Å². The van der Waals surface area contributed by atoms with Crippen molar-refractivity contribution in [3.63, 3.8) is 0 Å². The van der Waals surface area contributed by atoms with Crippen molar-refractivity contribution in [1.29, 1.82) is 0 Å². The van der Waals surface area contributed by atoms with Gasteiger partial charge in [0.1, 0.15) is 6.10 Å². The molecule has 262 valence electrons. The molecule has 2 amide bonds. The highest BCUT2D eigenvalue weighted by Gasteiger charge is 2.59. The zero-order chi connectivity index (χ0) is 33.1. The fraction of sp³-hybridized carbons (Fsp3) is 0.897. The predicted octanol–water partition coefficient (Wildman–Crippen LogP) is 7.64. The summed E-state index contributed by atoms with van der Waals surface area (Å²) < 4.78 is 5.94. The summed E-state index contributed by atoms with van der Waals surface area (Å²) in [7, 11) is 0. The molecule has 0 aromatic rings. The third-order valence-electron chi connectivity index (χ3n) is 13.8. The van der Waals surface area contributed by atoms with Gasteiger partial charge in [-0.1, -0.05) is 72.0 Å². The topological polar surface area (TPSA) is 99.1 Å². The second-order valence-electron chi connectivity index (χ2n) is 17.1. The second-order valence-corrected chi connectivity index (χ2v) is 17.1. The van der Waals surface area contributed by atoms with Crippen LogP contribution in [0.4, 0.5) is 4.79 Å². The van der Waals surface area contributed by atoms with Crippen molar-refractivity contribution in [2.45, 2.75) is 156 Å². The molecule has 0 aromatic heterocycles. The number of alkyl carbamates (subject to hydrolysis) is 1. The van der Waals surface area contributed by atoms with E-state index in [0.717, 1.165) is 74.0 Å². The monoisotopic (exact) mass is 642 g/mol. The van der Waals surface area contributed by atoms with Crippen LogP contribution < -0.4 is 5.32 Å². The number of unbranched alkanes of at least 4 members (excludes halogenated alkanes) is 2. The number of rotatable bonds is 13. The standard InChI is InChI=1S/C39H66N2O5/c1-26(2)10-9-11-27(3)33-15-16-34-32-14-13-28-22-31(17-19-38(28,4)35(32)18-20-39(33,34)5)46-37(45)40-21-8-6-7-12-36(44)41-24-30(43)23-29(41)25-42/h13,26-27,29-35,42-43H,6-12,14-25H2,1-5H3,(H,40,45)/t27-,29+,30-,31+,32?,33-,34?,35?,38+,39-/m1/s1. The highest BCUT2D eigenvalue weighted by Crippen LogP contribution is 2.67. The highest BCUT2D eigenvalue weighted by molar-refractivity contribution is 5.77. The minimum Gasteiger partial charge on any atom is -0.446 e. The molecule has 5 aliphatic rings. The number of carbonyl (C=O) groups is 2. The molecule has 0 spiro atoms. The number of hydrogen-bond acceptors (Lipinski definition) is 5. The van der Waals surface area contributed by atoms with Gasteiger partial charge in [0.25, 0.3) is 0 Å². The Morgan fingerprint density at radius 3 is 2.59 bits per heavy atom. The van der Waals surface area contributed by atoms with Crippen LogP contribution in [0.3, 0.4) is 0 Å². The summed E-state index contributed by atoms with van der Waals surface area (Å²) >= 11 is 0. The van der Waals surface area contributed by atoms with Gasteiger partial charge in [0, 0.05) is 25.9 Å². The number of aliphatic hydroxyl groups excluding tert-OH is 2. The number of β-amino-alcohol motifs (C(OH)–C–C–N with tert-alkyl or cyclic N) is 1. The van der Waals surface area contributed by atoms with E-state index >= 15 is 0 Å². The lowest BCUT2D eigenvalue weighted by atomic mass is 9.47. The van der Waals surface area contributed by atoms with E-state index in [2.05, 4.69) is 46.0 Å². The molecule has 4 aliphatic carbocycles. The summed E-state index contributed by atoms with van der Waals surface area (Å²) in [4.78, 5) is 26.8. The first-order valence-electron chi connectivity index (χ1n) is 19.2. The fourth-order valence-corrected chi connectivity index (χ4v) is 11.2. The molecular formula is C39H66N2O5. The second kappa shape index (κ2) is 15.3. The van der Waals surface area contributed by atoms with Crippen LogP contribution in [0.5, 0.6) is 0 Å². The minimum atomic E-state index is -0.540. The Morgan fingerprint density at radius 2 is 1.83 bits per heavy atom. The third kappa shape index (κ3) is 7.66. The van der Waals surface area contributed by atoms with Gasteiger partial charge in [0.15, 0.2) is 0 Å². The maximum atomic E-state index is 12.7. The lowest BCUT2D eigenvalue weighted by molar-refractivity contribution is -0.133. The van der Waals surface area contributed by atoms with Crippen LogP contribution in [0.1, 0.15) is 137 Å². The lowest BCUT2D eigenvalue weighted by Crippen LogP contribution is -2.51. The number of likely N-dealkylation sites (tertiary alicyclic amines) is 1. The highest BCUT2D eigenvalue weighted by atomic mass is 16.6. The number of nitrogens with zero attached hydrogens (tertiary/aromatic N) is 1. The number of amides is 2. The Balaban J connectivity index is 1.04. The third-order valence-corrected chi connectivity index (χ3v) is 13.8. The number of carbonyl (C=O) groups excluding carboxylic acids is 2. The average Bonchev–Trinajstić information content (AvgIpc) is 3.58. The molecule has 0 aromatic carbocycles. The summed E-state index contributed by atoms with van der Waals surface area (Å²) in [5.41, 5.74) is 2.31. The van der Waals surface area contributed by atoms with E-state index in [1.54, 1.807) is 10.5 Å². The SMILES string of the molecule is CC(C)CCC[C@@H](C)[C@H]1CCC2C3CC=C4C[C@@H](OC(=O)NCCCCCC(=O)N5C[C@H](O)C[C@H]5CO)CC[C@]4(C)C3CC[C@@]21C. The first kappa shape index (κ1) is 35.7. The molecule has 10 atom stereocenters. The summed E-state index contributed by atoms with van der Waals surface area (Å²) in [5.74, 6) is 4.98. The van der Waals surface area contributed by atoms with Gasteiger partial charge in [-0.2, -0.15) is 0 Å². The molecule has 7 heteroatoms. The van der Waals surface area contributed by atoms with Crippen LogP contribution in [-0.2, 0) is 9.53 Å². The molecule has 4 fully saturated rings.